The lowest BCUT2D eigenvalue weighted by atomic mass is 10.1. The Morgan fingerprint density at radius 3 is 2.33 bits per heavy atom. The Morgan fingerprint density at radius 1 is 0.978 bits per heavy atom. The number of aromatic nitrogens is 1. The summed E-state index contributed by atoms with van der Waals surface area (Å²) in [7, 11) is 3.62. The summed E-state index contributed by atoms with van der Waals surface area (Å²) in [6, 6.07) is 14.2. The molecule has 0 atom stereocenters. The van der Waals surface area contributed by atoms with E-state index in [9.17, 15) is 14.0 Å². The van der Waals surface area contributed by atoms with Gasteiger partial charge in [-0.2, -0.15) is 5.01 Å². The maximum atomic E-state index is 14.8. The molecule has 2 heterocycles. The highest BCUT2D eigenvalue weighted by Crippen LogP contribution is 2.29. The molecule has 5 rings (SSSR count). The van der Waals surface area contributed by atoms with Crippen LogP contribution in [0.15, 0.2) is 70.6 Å². The maximum absolute atomic E-state index is 14.8. The molecule has 0 aliphatic carbocycles. The zero-order valence-electron chi connectivity index (χ0n) is 24.3. The van der Waals surface area contributed by atoms with Crippen LogP contribution in [0, 0.1) is 12.7 Å². The lowest BCUT2D eigenvalue weighted by Gasteiger charge is -2.13. The van der Waals surface area contributed by atoms with Crippen LogP contribution in [0.1, 0.15) is 32.6 Å². The predicted molar refractivity (Wildman–Crippen MR) is 170 cm³/mol. The van der Waals surface area contributed by atoms with Crippen molar-refractivity contribution in [3.05, 3.63) is 125 Å². The second-order valence-electron chi connectivity index (χ2n) is 10.3. The molecule has 2 N–H and O–H groups in total. The molecule has 1 aliphatic rings. The van der Waals surface area contributed by atoms with Gasteiger partial charge in [0.25, 0.3) is 11.5 Å². The third-order valence-electron chi connectivity index (χ3n) is 7.28. The Morgan fingerprint density at radius 2 is 1.69 bits per heavy atom. The van der Waals surface area contributed by atoms with Crippen molar-refractivity contribution in [3.8, 4) is 5.69 Å². The third kappa shape index (κ3) is 6.27. The topological polar surface area (TPSA) is 117 Å². The van der Waals surface area contributed by atoms with E-state index in [1.807, 2.05) is 14.1 Å². The first-order chi connectivity index (χ1) is 21.5. The van der Waals surface area contributed by atoms with Crippen LogP contribution in [0.25, 0.3) is 17.8 Å². The van der Waals surface area contributed by atoms with Crippen molar-refractivity contribution in [1.29, 1.82) is 0 Å². The van der Waals surface area contributed by atoms with Gasteiger partial charge < -0.3 is 4.90 Å². The van der Waals surface area contributed by atoms with Crippen molar-refractivity contribution in [1.82, 2.24) is 4.57 Å². The second kappa shape index (κ2) is 13.3. The van der Waals surface area contributed by atoms with Crippen LogP contribution >= 0.6 is 23.2 Å². The molecule has 1 aliphatic heterocycles. The molecular weight excluding hydrogens is 626 g/mol. The predicted octanol–water partition coefficient (Wildman–Crippen LogP) is 5.33. The molecule has 0 saturated carbocycles. The Balaban J connectivity index is 1.71. The molecule has 1 aromatic heterocycles. The van der Waals surface area contributed by atoms with Crippen LogP contribution in [-0.2, 0) is 23.0 Å². The van der Waals surface area contributed by atoms with Gasteiger partial charge >= 0.3 is 0 Å². The number of benzene rings is 3. The summed E-state index contributed by atoms with van der Waals surface area (Å²) < 4.78 is 16.0. The van der Waals surface area contributed by atoms with Gasteiger partial charge in [0, 0.05) is 41.2 Å². The summed E-state index contributed by atoms with van der Waals surface area (Å²) in [5.41, 5.74) is 2.54. The van der Waals surface area contributed by atoms with Gasteiger partial charge in [-0.1, -0.05) is 47.5 Å². The van der Waals surface area contributed by atoms with Crippen molar-refractivity contribution in [3.63, 3.8) is 0 Å². The number of hydrogen-bond acceptors (Lipinski definition) is 8. The highest BCUT2D eigenvalue weighted by molar-refractivity contribution is 6.35. The molecule has 0 radical (unpaired) electrons. The molecule has 13 heteroatoms. The Labute approximate surface area is 266 Å². The van der Waals surface area contributed by atoms with Crippen molar-refractivity contribution in [2.75, 3.05) is 24.0 Å². The van der Waals surface area contributed by atoms with Crippen molar-refractivity contribution in [2.24, 2.45) is 5.10 Å². The van der Waals surface area contributed by atoms with Gasteiger partial charge in [0.05, 0.1) is 22.0 Å². The van der Waals surface area contributed by atoms with Crippen LogP contribution in [0.2, 0.25) is 10.0 Å². The first kappa shape index (κ1) is 32.0. The zero-order chi connectivity index (χ0) is 32.4. The lowest BCUT2D eigenvalue weighted by molar-refractivity contribution is -0.253. The molecule has 1 amide bonds. The van der Waals surface area contributed by atoms with Gasteiger partial charge in [0.2, 0.25) is 0 Å². The molecule has 10 nitrogen and oxygen atoms in total. The normalized spacial score (nSPS) is 13.1. The summed E-state index contributed by atoms with van der Waals surface area (Å²) in [4.78, 5) is 38.2. The van der Waals surface area contributed by atoms with E-state index in [0.29, 0.717) is 33.6 Å². The van der Waals surface area contributed by atoms with Crippen LogP contribution in [-0.4, -0.2) is 35.1 Å². The largest absolute Gasteiger partial charge is 0.378 e. The Kier molecular flexibility index (Phi) is 9.49. The molecule has 45 heavy (non-hydrogen) atoms. The number of amides is 1. The number of nitrogens with zero attached hydrogens (tertiary/aromatic N) is 4. The number of allylic oxidation sites excluding steroid dienone is 1. The fraction of sp³-hybridized carbons (Fsp3) is 0.156. The third-order valence-corrected chi connectivity index (χ3v) is 7.93. The summed E-state index contributed by atoms with van der Waals surface area (Å²) in [5.74, 6) is -0.942. The number of rotatable bonds is 9. The second-order valence-corrected chi connectivity index (χ2v) is 11.1. The summed E-state index contributed by atoms with van der Waals surface area (Å²) >= 11 is 13.1. The van der Waals surface area contributed by atoms with Crippen LogP contribution in [0.3, 0.4) is 0 Å². The SMILES string of the molecule is Cc1c2c(n(-c3cc(Cl)c(COO)cc3Cl)c(=O)/c1=C/C=C/c1ccc(N(C)C)cc1F)=NN(c1ccc(COO)cc1)C2=O. The molecule has 0 fully saturated rings. The average Bonchev–Trinajstić information content (AvgIpc) is 3.35. The monoisotopic (exact) mass is 652 g/mol. The van der Waals surface area contributed by atoms with E-state index in [0.717, 1.165) is 5.01 Å². The van der Waals surface area contributed by atoms with Crippen LogP contribution < -0.4 is 26.2 Å². The van der Waals surface area contributed by atoms with E-state index in [1.165, 1.54) is 41.0 Å². The van der Waals surface area contributed by atoms with Gasteiger partial charge in [-0.15, -0.1) is 5.10 Å². The minimum absolute atomic E-state index is 0.0286. The van der Waals surface area contributed by atoms with Crippen LogP contribution in [0.5, 0.6) is 0 Å². The number of anilines is 2. The maximum Gasteiger partial charge on any atom is 0.282 e. The number of hydrogen-bond donors (Lipinski definition) is 2. The fourth-order valence-corrected chi connectivity index (χ4v) is 5.38. The quantitative estimate of drug-likeness (QED) is 0.186. The smallest absolute Gasteiger partial charge is 0.282 e. The molecule has 0 spiro atoms. The molecule has 232 valence electrons. The first-order valence-corrected chi connectivity index (χ1v) is 14.2. The number of pyridine rings is 1. The average molecular weight is 653 g/mol. The standard InChI is InChI=1S/C32H27Cl2FN4O6/c1-18-24(6-4-5-20-9-12-23(37(2)3)14-27(20)35)31(40)38(28-15-25(33)21(17-45-43)13-26(28)34)30-29(18)32(41)39(36-30)22-10-7-19(8-11-22)16-44-42/h4-15,42-43H,16-17H2,1-3H3/b5-4+,24-6+. The summed E-state index contributed by atoms with van der Waals surface area (Å²) in [6.07, 6.45) is 4.55. The van der Waals surface area contributed by atoms with E-state index in [2.05, 4.69) is 14.9 Å². The molecule has 4 aromatic rings. The van der Waals surface area contributed by atoms with Gasteiger partial charge in [-0.3, -0.25) is 24.7 Å². The van der Waals surface area contributed by atoms with Crippen molar-refractivity contribution >= 4 is 52.6 Å². The van der Waals surface area contributed by atoms with Gasteiger partial charge in [0.1, 0.15) is 19.0 Å². The summed E-state index contributed by atoms with van der Waals surface area (Å²) in [6.45, 7) is 1.34. The summed E-state index contributed by atoms with van der Waals surface area (Å²) in [5, 5.41) is 23.7. The number of carbonyl (C=O) groups is 1. The first-order valence-electron chi connectivity index (χ1n) is 13.5. The number of fused-ring (bicyclic) bond motifs is 1. The molecule has 0 unspecified atom stereocenters. The van der Waals surface area contributed by atoms with E-state index < -0.39 is 17.3 Å². The fourth-order valence-electron chi connectivity index (χ4n) is 4.90. The molecule has 0 saturated heterocycles. The van der Waals surface area contributed by atoms with E-state index >= 15 is 0 Å². The molecule has 0 bridgehead atoms. The van der Waals surface area contributed by atoms with Crippen molar-refractivity contribution < 1.29 is 29.5 Å². The number of halogens is 3. The van der Waals surface area contributed by atoms with E-state index in [4.69, 9.17) is 33.7 Å². The van der Waals surface area contributed by atoms with Gasteiger partial charge in [0.15, 0.2) is 5.49 Å². The van der Waals surface area contributed by atoms with Crippen LogP contribution in [0.4, 0.5) is 15.8 Å². The van der Waals surface area contributed by atoms with E-state index in [-0.39, 0.29) is 45.2 Å². The van der Waals surface area contributed by atoms with Gasteiger partial charge in [-0.25, -0.2) is 14.2 Å². The molecule has 3 aromatic carbocycles. The minimum atomic E-state index is -0.558. The molecular formula is C32H27Cl2FN4O6. The Hall–Kier alpha value is -4.36. The zero-order valence-corrected chi connectivity index (χ0v) is 25.8. The highest BCUT2D eigenvalue weighted by atomic mass is 35.5. The number of carbonyl (C=O) groups excluding carboxylic acids is 1. The minimum Gasteiger partial charge on any atom is -0.378 e. The van der Waals surface area contributed by atoms with Crippen molar-refractivity contribution in [2.45, 2.75) is 20.1 Å². The van der Waals surface area contributed by atoms with Gasteiger partial charge in [-0.05, 0) is 66.6 Å². The Bertz CT molecular complexity index is 2010. The lowest BCUT2D eigenvalue weighted by Crippen LogP contribution is -2.45. The van der Waals surface area contributed by atoms with E-state index in [1.54, 1.807) is 48.2 Å². The highest BCUT2D eigenvalue weighted by Gasteiger charge is 2.31.